The number of rotatable bonds is 7. The first-order valence-electron chi connectivity index (χ1n) is 6.06. The normalized spacial score (nSPS) is 11.9. The monoisotopic (exact) mass is 282 g/mol. The zero-order valence-electron chi connectivity index (χ0n) is 11.2. The first-order chi connectivity index (χ1) is 9.02. The van der Waals surface area contributed by atoms with Crippen molar-refractivity contribution in [3.05, 3.63) is 29.8 Å². The molecule has 0 saturated heterocycles. The van der Waals surface area contributed by atoms with E-state index in [-0.39, 0.29) is 30.3 Å². The molecule has 19 heavy (non-hydrogen) atoms. The molecule has 0 saturated carbocycles. The van der Waals surface area contributed by atoms with Gasteiger partial charge in [0.2, 0.25) is 0 Å². The third-order valence-corrected chi connectivity index (χ3v) is 4.02. The number of ether oxygens (including phenoxy) is 1. The highest BCUT2D eigenvalue weighted by Crippen LogP contribution is 2.09. The van der Waals surface area contributed by atoms with Crippen LogP contribution in [0.2, 0.25) is 0 Å². The van der Waals surface area contributed by atoms with Gasteiger partial charge in [-0.25, -0.2) is 0 Å². The van der Waals surface area contributed by atoms with Gasteiger partial charge in [0.05, 0.1) is 23.7 Å². The van der Waals surface area contributed by atoms with Crippen LogP contribution in [0.25, 0.3) is 0 Å². The molecule has 0 spiro atoms. The number of hydrogen-bond acceptors (Lipinski definition) is 4. The Labute approximate surface area is 115 Å². The Kier molecular flexibility index (Phi) is 6.42. The number of benzene rings is 1. The molecule has 0 N–H and O–H groups in total. The molecule has 0 bridgehead atoms. The highest BCUT2D eigenvalue weighted by Gasteiger charge is 2.11. The van der Waals surface area contributed by atoms with E-state index in [9.17, 15) is 13.8 Å². The van der Waals surface area contributed by atoms with Gasteiger partial charge in [-0.05, 0) is 25.5 Å². The summed E-state index contributed by atoms with van der Waals surface area (Å²) in [7, 11) is 0.0126. The summed E-state index contributed by atoms with van der Waals surface area (Å²) in [5, 5.41) is 0. The molecule has 0 fully saturated rings. The van der Waals surface area contributed by atoms with Crippen molar-refractivity contribution in [2.45, 2.75) is 31.1 Å². The molecular formula is C14H18O4S. The van der Waals surface area contributed by atoms with E-state index in [2.05, 4.69) is 4.74 Å². The van der Waals surface area contributed by atoms with Crippen LogP contribution in [-0.2, 0) is 25.1 Å². The van der Waals surface area contributed by atoms with E-state index < -0.39 is 10.8 Å². The van der Waals surface area contributed by atoms with Crippen molar-refractivity contribution in [2.75, 3.05) is 12.9 Å². The van der Waals surface area contributed by atoms with Crippen LogP contribution in [0.3, 0.4) is 0 Å². The van der Waals surface area contributed by atoms with E-state index in [0.29, 0.717) is 11.3 Å². The number of hydrogen-bond donors (Lipinski definition) is 0. The molecule has 0 unspecified atom stereocenters. The number of carbonyl (C=O) groups is 2. The molecule has 0 aliphatic rings. The predicted octanol–water partition coefficient (Wildman–Crippen LogP) is 2.02. The molecule has 0 aliphatic heterocycles. The Hall–Kier alpha value is -1.49. The average Bonchev–Trinajstić information content (AvgIpc) is 2.39. The van der Waals surface area contributed by atoms with Gasteiger partial charge in [0, 0.05) is 17.7 Å². The molecule has 104 valence electrons. The summed E-state index contributed by atoms with van der Waals surface area (Å²) >= 11 is 0. The summed E-state index contributed by atoms with van der Waals surface area (Å²) in [6.45, 7) is 1.95. The van der Waals surface area contributed by atoms with E-state index in [0.717, 1.165) is 5.56 Å². The number of methoxy groups -OCH3 is 1. The van der Waals surface area contributed by atoms with Crippen molar-refractivity contribution in [1.29, 1.82) is 0 Å². The molecule has 1 atom stereocenters. The number of carbonyl (C=O) groups excluding carboxylic acids is 2. The van der Waals surface area contributed by atoms with Gasteiger partial charge in [0.15, 0.2) is 0 Å². The quantitative estimate of drug-likeness (QED) is 0.718. The Morgan fingerprint density at radius 2 is 1.79 bits per heavy atom. The summed E-state index contributed by atoms with van der Waals surface area (Å²) in [5.74, 6) is -0.417. The SMILES string of the molecule is COC(=O)CCCC(=O)C[S@@](=O)c1ccc(C)cc1. The molecular weight excluding hydrogens is 264 g/mol. The fraction of sp³-hybridized carbons (Fsp3) is 0.429. The standard InChI is InChI=1S/C14H18O4S/c1-11-6-8-13(9-7-11)19(17)10-12(15)4-3-5-14(16)18-2/h6-9H,3-5,10H2,1-2H3/t19-/m1/s1. The van der Waals surface area contributed by atoms with Crippen LogP contribution in [0, 0.1) is 6.92 Å². The van der Waals surface area contributed by atoms with Gasteiger partial charge < -0.3 is 4.74 Å². The van der Waals surface area contributed by atoms with Crippen molar-refractivity contribution < 1.29 is 18.5 Å². The fourth-order valence-corrected chi connectivity index (χ4v) is 2.57. The molecule has 0 amide bonds. The van der Waals surface area contributed by atoms with Crippen LogP contribution in [0.4, 0.5) is 0 Å². The van der Waals surface area contributed by atoms with Gasteiger partial charge in [-0.15, -0.1) is 0 Å². The minimum Gasteiger partial charge on any atom is -0.469 e. The maximum absolute atomic E-state index is 11.9. The third kappa shape index (κ3) is 5.79. The number of ketones is 1. The van der Waals surface area contributed by atoms with Gasteiger partial charge in [-0.2, -0.15) is 0 Å². The molecule has 0 heterocycles. The van der Waals surface area contributed by atoms with E-state index in [1.165, 1.54) is 7.11 Å². The zero-order valence-corrected chi connectivity index (χ0v) is 12.0. The Morgan fingerprint density at radius 1 is 1.16 bits per heavy atom. The minimum absolute atomic E-state index is 0.00420. The number of Topliss-reactive ketones (excluding diaryl/α,β-unsaturated/α-hetero) is 1. The maximum Gasteiger partial charge on any atom is 0.305 e. The smallest absolute Gasteiger partial charge is 0.305 e. The number of esters is 1. The summed E-state index contributed by atoms with van der Waals surface area (Å²) < 4.78 is 16.4. The van der Waals surface area contributed by atoms with Crippen LogP contribution in [0.5, 0.6) is 0 Å². The van der Waals surface area contributed by atoms with Crippen molar-refractivity contribution >= 4 is 22.6 Å². The highest BCUT2D eigenvalue weighted by atomic mass is 32.2. The summed E-state index contributed by atoms with van der Waals surface area (Å²) in [5.41, 5.74) is 1.09. The van der Waals surface area contributed by atoms with Crippen LogP contribution >= 0.6 is 0 Å². The molecule has 5 heteroatoms. The minimum atomic E-state index is -1.30. The van der Waals surface area contributed by atoms with E-state index in [1.807, 2.05) is 19.1 Å². The Bertz CT molecular complexity index is 465. The largest absolute Gasteiger partial charge is 0.469 e. The second kappa shape index (κ2) is 7.84. The van der Waals surface area contributed by atoms with Crippen LogP contribution in [0.1, 0.15) is 24.8 Å². The molecule has 1 rings (SSSR count). The van der Waals surface area contributed by atoms with Gasteiger partial charge in [-0.3, -0.25) is 13.8 Å². The topological polar surface area (TPSA) is 60.4 Å². The molecule has 0 aliphatic carbocycles. The lowest BCUT2D eigenvalue weighted by Crippen LogP contribution is -2.11. The summed E-state index contributed by atoms with van der Waals surface area (Å²) in [6, 6.07) is 7.28. The molecule has 4 nitrogen and oxygen atoms in total. The Morgan fingerprint density at radius 3 is 2.37 bits per heavy atom. The lowest BCUT2D eigenvalue weighted by Gasteiger charge is -2.03. The lowest BCUT2D eigenvalue weighted by atomic mass is 10.2. The molecule has 0 radical (unpaired) electrons. The number of aryl methyl sites for hydroxylation is 1. The van der Waals surface area contributed by atoms with Crippen molar-refractivity contribution in [1.82, 2.24) is 0 Å². The van der Waals surface area contributed by atoms with E-state index in [4.69, 9.17) is 0 Å². The van der Waals surface area contributed by atoms with Crippen LogP contribution in [-0.4, -0.2) is 28.8 Å². The summed E-state index contributed by atoms with van der Waals surface area (Å²) in [6.07, 6.45) is 0.919. The molecule has 1 aromatic carbocycles. The summed E-state index contributed by atoms with van der Waals surface area (Å²) in [4.78, 5) is 23.2. The van der Waals surface area contributed by atoms with Crippen LogP contribution in [0.15, 0.2) is 29.2 Å². The van der Waals surface area contributed by atoms with Crippen molar-refractivity contribution in [3.8, 4) is 0 Å². The van der Waals surface area contributed by atoms with Gasteiger partial charge in [0.1, 0.15) is 5.78 Å². The Balaban J connectivity index is 2.38. The zero-order chi connectivity index (χ0) is 14.3. The van der Waals surface area contributed by atoms with Gasteiger partial charge >= 0.3 is 5.97 Å². The van der Waals surface area contributed by atoms with Gasteiger partial charge in [-0.1, -0.05) is 17.7 Å². The first-order valence-corrected chi connectivity index (χ1v) is 7.38. The first kappa shape index (κ1) is 15.6. The van der Waals surface area contributed by atoms with Crippen molar-refractivity contribution in [3.63, 3.8) is 0 Å². The highest BCUT2D eigenvalue weighted by molar-refractivity contribution is 7.85. The van der Waals surface area contributed by atoms with E-state index in [1.54, 1.807) is 12.1 Å². The third-order valence-electron chi connectivity index (χ3n) is 2.64. The second-order valence-corrected chi connectivity index (χ2v) is 5.72. The van der Waals surface area contributed by atoms with Crippen LogP contribution < -0.4 is 0 Å². The second-order valence-electron chi connectivity index (χ2n) is 4.27. The van der Waals surface area contributed by atoms with Gasteiger partial charge in [0.25, 0.3) is 0 Å². The molecule has 1 aromatic rings. The lowest BCUT2D eigenvalue weighted by molar-refractivity contribution is -0.140. The molecule has 0 aromatic heterocycles. The fourth-order valence-electron chi connectivity index (χ4n) is 1.52. The van der Waals surface area contributed by atoms with Crippen molar-refractivity contribution in [2.24, 2.45) is 0 Å². The maximum atomic E-state index is 11.9. The average molecular weight is 282 g/mol. The predicted molar refractivity (Wildman–Crippen MR) is 73.3 cm³/mol. The van der Waals surface area contributed by atoms with E-state index >= 15 is 0 Å².